The van der Waals surface area contributed by atoms with Gasteiger partial charge in [0.05, 0.1) is 5.60 Å². The summed E-state index contributed by atoms with van der Waals surface area (Å²) < 4.78 is 1.26. The molecular weight excluding hydrogens is 228 g/mol. The Morgan fingerprint density at radius 1 is 1.35 bits per heavy atom. The molecule has 92 valence electrons. The van der Waals surface area contributed by atoms with E-state index in [1.54, 1.807) is 11.3 Å². The van der Waals surface area contributed by atoms with Gasteiger partial charge in [0.15, 0.2) is 0 Å². The van der Waals surface area contributed by atoms with Crippen LogP contribution >= 0.6 is 11.3 Å². The van der Waals surface area contributed by atoms with Crippen molar-refractivity contribution < 1.29 is 5.11 Å². The zero-order valence-electron chi connectivity index (χ0n) is 10.7. The molecule has 1 aromatic carbocycles. The van der Waals surface area contributed by atoms with Crippen LogP contribution in [0.2, 0.25) is 0 Å². The van der Waals surface area contributed by atoms with Crippen LogP contribution in [0, 0.1) is 5.92 Å². The molecule has 2 atom stereocenters. The third-order valence-corrected chi connectivity index (χ3v) is 4.77. The highest BCUT2D eigenvalue weighted by atomic mass is 32.1. The predicted octanol–water partition coefficient (Wildman–Crippen LogP) is 4.55. The number of thiophene rings is 1. The Labute approximate surface area is 107 Å². The Bertz CT molecular complexity index is 465. The Morgan fingerprint density at radius 2 is 2.06 bits per heavy atom. The molecule has 0 radical (unpaired) electrons. The Hall–Kier alpha value is -0.860. The van der Waals surface area contributed by atoms with Crippen LogP contribution in [-0.2, 0) is 5.60 Å². The second-order valence-electron chi connectivity index (χ2n) is 5.14. The van der Waals surface area contributed by atoms with Crippen molar-refractivity contribution in [1.82, 2.24) is 0 Å². The summed E-state index contributed by atoms with van der Waals surface area (Å²) in [4.78, 5) is 1.08. The van der Waals surface area contributed by atoms with E-state index < -0.39 is 5.60 Å². The molecule has 2 heteroatoms. The van der Waals surface area contributed by atoms with Crippen molar-refractivity contribution in [3.63, 3.8) is 0 Å². The van der Waals surface area contributed by atoms with Crippen molar-refractivity contribution in [1.29, 1.82) is 0 Å². The van der Waals surface area contributed by atoms with Crippen molar-refractivity contribution in [3.05, 3.63) is 35.2 Å². The second kappa shape index (κ2) is 4.79. The highest BCUT2D eigenvalue weighted by Gasteiger charge is 2.27. The first kappa shape index (κ1) is 12.6. The molecule has 1 heterocycles. The molecule has 0 aliphatic heterocycles. The number of aliphatic hydroxyl groups is 1. The molecule has 1 N–H and O–H groups in total. The van der Waals surface area contributed by atoms with Gasteiger partial charge in [-0.3, -0.25) is 0 Å². The van der Waals surface area contributed by atoms with Crippen molar-refractivity contribution in [3.8, 4) is 0 Å². The molecule has 1 aromatic heterocycles. The van der Waals surface area contributed by atoms with E-state index in [2.05, 4.69) is 32.0 Å². The molecule has 2 rings (SSSR count). The van der Waals surface area contributed by atoms with Gasteiger partial charge in [0, 0.05) is 9.58 Å². The number of hydrogen-bond donors (Lipinski definition) is 1. The van der Waals surface area contributed by atoms with Crippen molar-refractivity contribution >= 4 is 21.4 Å². The summed E-state index contributed by atoms with van der Waals surface area (Å²) in [7, 11) is 0. The standard InChI is InChI=1S/C15H20OS/c1-4-11(2)10-15(3,16)14-9-12-7-5-6-8-13(12)17-14/h5-9,11,16H,4,10H2,1-3H3. The molecule has 2 unspecified atom stereocenters. The monoisotopic (exact) mass is 248 g/mol. The van der Waals surface area contributed by atoms with E-state index in [0.717, 1.165) is 17.7 Å². The highest BCUT2D eigenvalue weighted by molar-refractivity contribution is 7.19. The number of benzene rings is 1. The third-order valence-electron chi connectivity index (χ3n) is 3.40. The van der Waals surface area contributed by atoms with Crippen molar-refractivity contribution in [2.75, 3.05) is 0 Å². The van der Waals surface area contributed by atoms with Gasteiger partial charge in [-0.05, 0) is 36.8 Å². The topological polar surface area (TPSA) is 20.2 Å². The fourth-order valence-corrected chi connectivity index (χ4v) is 3.29. The molecule has 0 saturated carbocycles. The van der Waals surface area contributed by atoms with E-state index in [0.29, 0.717) is 5.92 Å². The van der Waals surface area contributed by atoms with Crippen LogP contribution in [0.25, 0.3) is 10.1 Å². The largest absolute Gasteiger partial charge is 0.385 e. The van der Waals surface area contributed by atoms with Crippen LogP contribution in [0.4, 0.5) is 0 Å². The lowest BCUT2D eigenvalue weighted by Gasteiger charge is -2.25. The quantitative estimate of drug-likeness (QED) is 0.842. The van der Waals surface area contributed by atoms with Crippen LogP contribution in [0.1, 0.15) is 38.5 Å². The minimum atomic E-state index is -0.695. The van der Waals surface area contributed by atoms with Gasteiger partial charge in [0.1, 0.15) is 0 Å². The minimum absolute atomic E-state index is 0.551. The van der Waals surface area contributed by atoms with Gasteiger partial charge in [-0.1, -0.05) is 38.5 Å². The zero-order chi connectivity index (χ0) is 12.5. The summed E-state index contributed by atoms with van der Waals surface area (Å²) >= 11 is 1.71. The minimum Gasteiger partial charge on any atom is -0.385 e. The number of rotatable bonds is 4. The molecule has 2 aromatic rings. The lowest BCUT2D eigenvalue weighted by atomic mass is 9.90. The van der Waals surface area contributed by atoms with Gasteiger partial charge >= 0.3 is 0 Å². The fourth-order valence-electron chi connectivity index (χ4n) is 2.17. The van der Waals surface area contributed by atoms with Crippen LogP contribution in [0.5, 0.6) is 0 Å². The second-order valence-corrected chi connectivity index (χ2v) is 6.22. The van der Waals surface area contributed by atoms with Gasteiger partial charge in [0.2, 0.25) is 0 Å². The Kier molecular flexibility index (Phi) is 3.55. The summed E-state index contributed by atoms with van der Waals surface area (Å²) in [5, 5.41) is 11.8. The van der Waals surface area contributed by atoms with Crippen LogP contribution in [0.3, 0.4) is 0 Å². The third kappa shape index (κ3) is 2.70. The SMILES string of the molecule is CCC(C)CC(C)(O)c1cc2ccccc2s1. The average molecular weight is 248 g/mol. The molecular formula is C15H20OS. The summed E-state index contributed by atoms with van der Waals surface area (Å²) in [6.07, 6.45) is 1.94. The van der Waals surface area contributed by atoms with Gasteiger partial charge < -0.3 is 5.11 Å². The average Bonchev–Trinajstić information content (AvgIpc) is 2.72. The lowest BCUT2D eigenvalue weighted by Crippen LogP contribution is -2.22. The van der Waals surface area contributed by atoms with Gasteiger partial charge in [-0.2, -0.15) is 0 Å². The molecule has 0 aliphatic rings. The maximum absolute atomic E-state index is 10.6. The molecule has 0 aliphatic carbocycles. The molecule has 0 fully saturated rings. The van der Waals surface area contributed by atoms with Crippen molar-refractivity contribution in [2.45, 2.75) is 39.2 Å². The van der Waals surface area contributed by atoms with E-state index in [1.807, 2.05) is 19.1 Å². The maximum atomic E-state index is 10.6. The van der Waals surface area contributed by atoms with Gasteiger partial charge in [-0.15, -0.1) is 11.3 Å². The van der Waals surface area contributed by atoms with E-state index in [9.17, 15) is 5.11 Å². The summed E-state index contributed by atoms with van der Waals surface area (Å²) in [5.41, 5.74) is -0.695. The van der Waals surface area contributed by atoms with Gasteiger partial charge in [0.25, 0.3) is 0 Å². The zero-order valence-corrected chi connectivity index (χ0v) is 11.6. The lowest BCUT2D eigenvalue weighted by molar-refractivity contribution is 0.0356. The molecule has 17 heavy (non-hydrogen) atoms. The van der Waals surface area contributed by atoms with Crippen LogP contribution < -0.4 is 0 Å². The Morgan fingerprint density at radius 3 is 2.71 bits per heavy atom. The Balaban J connectivity index is 2.31. The van der Waals surface area contributed by atoms with Crippen LogP contribution in [0.15, 0.2) is 30.3 Å². The summed E-state index contributed by atoms with van der Waals surface area (Å²) in [6.45, 7) is 6.30. The predicted molar refractivity (Wildman–Crippen MR) is 75.5 cm³/mol. The number of fused-ring (bicyclic) bond motifs is 1. The first-order valence-corrected chi connectivity index (χ1v) is 7.06. The number of hydrogen-bond acceptors (Lipinski definition) is 2. The van der Waals surface area contributed by atoms with Crippen LogP contribution in [-0.4, -0.2) is 5.11 Å². The summed E-state index contributed by atoms with van der Waals surface area (Å²) in [5.74, 6) is 0.551. The molecule has 1 nitrogen and oxygen atoms in total. The van der Waals surface area contributed by atoms with E-state index >= 15 is 0 Å². The van der Waals surface area contributed by atoms with Gasteiger partial charge in [-0.25, -0.2) is 0 Å². The smallest absolute Gasteiger partial charge is 0.0962 e. The summed E-state index contributed by atoms with van der Waals surface area (Å²) in [6, 6.07) is 10.4. The normalized spacial score (nSPS) is 16.9. The van der Waals surface area contributed by atoms with Crippen molar-refractivity contribution in [2.24, 2.45) is 5.92 Å². The molecule has 0 saturated heterocycles. The fraction of sp³-hybridized carbons (Fsp3) is 0.467. The first-order valence-electron chi connectivity index (χ1n) is 6.24. The maximum Gasteiger partial charge on any atom is 0.0962 e. The highest BCUT2D eigenvalue weighted by Crippen LogP contribution is 2.37. The van der Waals surface area contributed by atoms with E-state index in [1.165, 1.54) is 10.1 Å². The van der Waals surface area contributed by atoms with E-state index in [4.69, 9.17) is 0 Å². The molecule has 0 spiro atoms. The molecule has 0 bridgehead atoms. The van der Waals surface area contributed by atoms with E-state index in [-0.39, 0.29) is 0 Å². The molecule has 0 amide bonds. The first-order chi connectivity index (χ1) is 8.03.